The van der Waals surface area contributed by atoms with E-state index in [4.69, 9.17) is 4.42 Å². The minimum Gasteiger partial charge on any atom is -0.464 e. The highest BCUT2D eigenvalue weighted by molar-refractivity contribution is 7.98. The molecule has 1 aromatic rings. The van der Waals surface area contributed by atoms with Crippen LogP contribution in [0.25, 0.3) is 0 Å². The molecule has 1 heterocycles. The zero-order valence-electron chi connectivity index (χ0n) is 10.8. The second kappa shape index (κ2) is 9.92. The van der Waals surface area contributed by atoms with Crippen LogP contribution in [0.4, 0.5) is 0 Å². The van der Waals surface area contributed by atoms with Crippen LogP contribution in [0.3, 0.4) is 0 Å². The lowest BCUT2D eigenvalue weighted by Crippen LogP contribution is -2.14. The molecule has 1 aromatic heterocycles. The standard InChI is InChI=1S/C13H23NOS2/c1-16-9-5-3-4-8-14-10-12-6-7-13(15-12)11-17-2/h6-7,14H,3-5,8-11H2,1-2H3. The van der Waals surface area contributed by atoms with Gasteiger partial charge in [-0.1, -0.05) is 6.42 Å². The third kappa shape index (κ3) is 7.06. The molecule has 0 aliphatic rings. The highest BCUT2D eigenvalue weighted by atomic mass is 32.2. The fourth-order valence-electron chi connectivity index (χ4n) is 1.62. The van der Waals surface area contributed by atoms with E-state index in [0.29, 0.717) is 0 Å². The second-order valence-corrected chi connectivity index (χ2v) is 5.88. The molecule has 2 nitrogen and oxygen atoms in total. The van der Waals surface area contributed by atoms with Gasteiger partial charge in [0.1, 0.15) is 11.5 Å². The van der Waals surface area contributed by atoms with Crippen LogP contribution in [0.5, 0.6) is 0 Å². The Morgan fingerprint density at radius 3 is 2.65 bits per heavy atom. The summed E-state index contributed by atoms with van der Waals surface area (Å²) in [7, 11) is 0. The molecule has 0 aliphatic carbocycles. The number of rotatable bonds is 10. The van der Waals surface area contributed by atoms with E-state index in [-0.39, 0.29) is 0 Å². The fraction of sp³-hybridized carbons (Fsp3) is 0.692. The van der Waals surface area contributed by atoms with Crippen LogP contribution < -0.4 is 5.32 Å². The second-order valence-electron chi connectivity index (χ2n) is 4.03. The Bertz CT molecular complexity index is 289. The van der Waals surface area contributed by atoms with E-state index >= 15 is 0 Å². The highest BCUT2D eigenvalue weighted by Crippen LogP contribution is 2.13. The summed E-state index contributed by atoms with van der Waals surface area (Å²) < 4.78 is 5.68. The summed E-state index contributed by atoms with van der Waals surface area (Å²) in [4.78, 5) is 0. The number of thioether (sulfide) groups is 2. The summed E-state index contributed by atoms with van der Waals surface area (Å²) in [6, 6.07) is 4.15. The molecule has 0 spiro atoms. The Labute approximate surface area is 113 Å². The first kappa shape index (κ1) is 15.0. The number of furan rings is 1. The Hall–Kier alpha value is -0.0600. The van der Waals surface area contributed by atoms with Crippen molar-refractivity contribution < 1.29 is 4.42 Å². The van der Waals surface area contributed by atoms with Crippen molar-refractivity contribution in [2.45, 2.75) is 31.6 Å². The zero-order valence-corrected chi connectivity index (χ0v) is 12.5. The molecule has 4 heteroatoms. The average molecular weight is 273 g/mol. The van der Waals surface area contributed by atoms with E-state index in [0.717, 1.165) is 30.4 Å². The summed E-state index contributed by atoms with van der Waals surface area (Å²) >= 11 is 3.72. The van der Waals surface area contributed by atoms with Crippen molar-refractivity contribution in [2.75, 3.05) is 24.8 Å². The lowest BCUT2D eigenvalue weighted by atomic mass is 10.2. The predicted octanol–water partition coefficient (Wildman–Crippen LogP) is 3.77. The molecule has 0 aliphatic heterocycles. The Balaban J connectivity index is 2.01. The molecule has 0 saturated heterocycles. The SMILES string of the molecule is CSCCCCCNCc1ccc(CSC)o1. The van der Waals surface area contributed by atoms with Gasteiger partial charge in [-0.15, -0.1) is 0 Å². The molecule has 1 N–H and O–H groups in total. The van der Waals surface area contributed by atoms with Gasteiger partial charge in [0.15, 0.2) is 0 Å². The van der Waals surface area contributed by atoms with Crippen molar-refractivity contribution in [1.82, 2.24) is 5.32 Å². The molecule has 98 valence electrons. The normalized spacial score (nSPS) is 10.9. The van der Waals surface area contributed by atoms with Crippen molar-refractivity contribution in [1.29, 1.82) is 0 Å². The minimum atomic E-state index is 0.858. The summed E-state index contributed by atoms with van der Waals surface area (Å²) in [6.07, 6.45) is 8.18. The van der Waals surface area contributed by atoms with Gasteiger partial charge in [0.05, 0.1) is 12.3 Å². The van der Waals surface area contributed by atoms with E-state index in [2.05, 4.69) is 30.0 Å². The van der Waals surface area contributed by atoms with Crippen LogP contribution in [-0.2, 0) is 12.3 Å². The molecule has 1 rings (SSSR count). The molecular formula is C13H23NOS2. The topological polar surface area (TPSA) is 25.2 Å². The lowest BCUT2D eigenvalue weighted by Gasteiger charge is -2.02. The van der Waals surface area contributed by atoms with Gasteiger partial charge in [-0.05, 0) is 49.8 Å². The quantitative estimate of drug-likeness (QED) is 0.656. The van der Waals surface area contributed by atoms with Gasteiger partial charge in [0.25, 0.3) is 0 Å². The predicted molar refractivity (Wildman–Crippen MR) is 79.9 cm³/mol. The lowest BCUT2D eigenvalue weighted by molar-refractivity contribution is 0.457. The Morgan fingerprint density at radius 1 is 1.06 bits per heavy atom. The molecule has 0 atom stereocenters. The first-order valence-electron chi connectivity index (χ1n) is 6.13. The van der Waals surface area contributed by atoms with Gasteiger partial charge in [-0.2, -0.15) is 23.5 Å². The average Bonchev–Trinajstić information content (AvgIpc) is 2.76. The summed E-state index contributed by atoms with van der Waals surface area (Å²) in [6.45, 7) is 1.95. The van der Waals surface area contributed by atoms with Gasteiger partial charge in [0.2, 0.25) is 0 Å². The van der Waals surface area contributed by atoms with Crippen molar-refractivity contribution in [3.05, 3.63) is 23.7 Å². The van der Waals surface area contributed by atoms with Crippen molar-refractivity contribution in [3.63, 3.8) is 0 Å². The third-order valence-corrected chi connectivity index (χ3v) is 3.78. The van der Waals surface area contributed by atoms with Gasteiger partial charge in [-0.25, -0.2) is 0 Å². The number of nitrogens with one attached hydrogen (secondary N) is 1. The maximum Gasteiger partial charge on any atom is 0.117 e. The molecule has 0 aromatic carbocycles. The molecule has 0 radical (unpaired) electrons. The summed E-state index contributed by atoms with van der Waals surface area (Å²) in [5.74, 6) is 4.39. The van der Waals surface area contributed by atoms with Crippen LogP contribution in [0, 0.1) is 0 Å². The first-order chi connectivity index (χ1) is 8.36. The Kier molecular flexibility index (Phi) is 8.75. The van der Waals surface area contributed by atoms with E-state index in [9.17, 15) is 0 Å². The third-order valence-electron chi connectivity index (χ3n) is 2.51. The van der Waals surface area contributed by atoms with Crippen LogP contribution in [-0.4, -0.2) is 24.8 Å². The maximum absolute atomic E-state index is 5.68. The van der Waals surface area contributed by atoms with Gasteiger partial charge >= 0.3 is 0 Å². The molecule has 17 heavy (non-hydrogen) atoms. The molecule has 0 saturated carbocycles. The van der Waals surface area contributed by atoms with Gasteiger partial charge in [-0.3, -0.25) is 0 Å². The van der Waals surface area contributed by atoms with Crippen molar-refractivity contribution >= 4 is 23.5 Å². The van der Waals surface area contributed by atoms with E-state index in [1.165, 1.54) is 25.0 Å². The monoisotopic (exact) mass is 273 g/mol. The number of hydrogen-bond donors (Lipinski definition) is 1. The molecule has 0 amide bonds. The summed E-state index contributed by atoms with van der Waals surface area (Å²) in [5, 5.41) is 3.43. The van der Waals surface area contributed by atoms with Crippen LogP contribution >= 0.6 is 23.5 Å². The smallest absolute Gasteiger partial charge is 0.117 e. The zero-order chi connectivity index (χ0) is 12.3. The van der Waals surface area contributed by atoms with Crippen LogP contribution in [0.1, 0.15) is 30.8 Å². The minimum absolute atomic E-state index is 0.858. The van der Waals surface area contributed by atoms with Gasteiger partial charge < -0.3 is 9.73 Å². The Morgan fingerprint density at radius 2 is 1.88 bits per heavy atom. The fourth-order valence-corrected chi connectivity index (χ4v) is 2.55. The first-order valence-corrected chi connectivity index (χ1v) is 8.91. The number of unbranched alkanes of at least 4 members (excludes halogenated alkanes) is 2. The van der Waals surface area contributed by atoms with E-state index in [1.807, 2.05) is 11.8 Å². The number of hydrogen-bond acceptors (Lipinski definition) is 4. The molecular weight excluding hydrogens is 250 g/mol. The largest absolute Gasteiger partial charge is 0.464 e. The maximum atomic E-state index is 5.68. The molecule has 0 fully saturated rings. The van der Waals surface area contributed by atoms with E-state index in [1.54, 1.807) is 11.8 Å². The van der Waals surface area contributed by atoms with Gasteiger partial charge in [0, 0.05) is 0 Å². The van der Waals surface area contributed by atoms with E-state index < -0.39 is 0 Å². The summed E-state index contributed by atoms with van der Waals surface area (Å²) in [5.41, 5.74) is 0. The van der Waals surface area contributed by atoms with Crippen molar-refractivity contribution in [3.8, 4) is 0 Å². The van der Waals surface area contributed by atoms with Crippen LogP contribution in [0.2, 0.25) is 0 Å². The van der Waals surface area contributed by atoms with Crippen LogP contribution in [0.15, 0.2) is 16.5 Å². The molecule has 0 bridgehead atoms. The molecule has 0 unspecified atom stereocenters. The highest BCUT2D eigenvalue weighted by Gasteiger charge is 2.00. The van der Waals surface area contributed by atoms with Crippen molar-refractivity contribution in [2.24, 2.45) is 0 Å².